The highest BCUT2D eigenvalue weighted by Gasteiger charge is 1.98. The van der Waals surface area contributed by atoms with Crippen molar-refractivity contribution >= 4 is 23.5 Å². The van der Waals surface area contributed by atoms with Gasteiger partial charge in [0.05, 0.1) is 7.11 Å². The van der Waals surface area contributed by atoms with Gasteiger partial charge >= 0.3 is 0 Å². The molecule has 5 heteroatoms. The molecule has 0 unspecified atom stereocenters. The molecule has 0 spiro atoms. The van der Waals surface area contributed by atoms with Gasteiger partial charge in [-0.2, -0.15) is 0 Å². The maximum atomic E-state index is 5.61. The van der Waals surface area contributed by atoms with Gasteiger partial charge in [-0.1, -0.05) is 0 Å². The fraction of sp³-hybridized carbons (Fsp3) is 0.0833. The van der Waals surface area contributed by atoms with Crippen LogP contribution in [0.15, 0.2) is 47.5 Å². The van der Waals surface area contributed by atoms with E-state index in [1.807, 2.05) is 30.3 Å². The largest absolute Gasteiger partial charge is 0.497 e. The van der Waals surface area contributed by atoms with E-state index in [0.717, 1.165) is 22.2 Å². The normalized spacial score (nSPS) is 9.94. The molecule has 0 aliphatic carbocycles. The molecule has 1 heterocycles. The lowest BCUT2D eigenvalue weighted by molar-refractivity contribution is 0.414. The summed E-state index contributed by atoms with van der Waals surface area (Å²) in [4.78, 5) is 5.26. The van der Waals surface area contributed by atoms with Crippen molar-refractivity contribution in [1.82, 2.24) is 4.98 Å². The van der Waals surface area contributed by atoms with Gasteiger partial charge in [0.25, 0.3) is 0 Å². The van der Waals surface area contributed by atoms with Crippen molar-refractivity contribution in [2.75, 3.05) is 17.6 Å². The summed E-state index contributed by atoms with van der Waals surface area (Å²) in [6.07, 6.45) is 1.70. The van der Waals surface area contributed by atoms with Crippen LogP contribution in [0.4, 0.5) is 11.5 Å². The van der Waals surface area contributed by atoms with Crippen LogP contribution < -0.4 is 15.2 Å². The second-order valence-electron chi connectivity index (χ2n) is 3.35. The summed E-state index contributed by atoms with van der Waals surface area (Å²) in [6, 6.07) is 11.3. The number of benzene rings is 1. The average Bonchev–Trinajstić information content (AvgIpc) is 2.38. The number of hydrogen-bond acceptors (Lipinski definition) is 5. The van der Waals surface area contributed by atoms with Gasteiger partial charge in [0, 0.05) is 22.8 Å². The molecule has 0 amide bonds. The van der Waals surface area contributed by atoms with Crippen LogP contribution in [0.3, 0.4) is 0 Å². The second-order valence-corrected chi connectivity index (χ2v) is 4.23. The Balaban J connectivity index is 1.99. The molecule has 17 heavy (non-hydrogen) atoms. The molecule has 1 aromatic heterocycles. The lowest BCUT2D eigenvalue weighted by Gasteiger charge is -2.06. The molecule has 4 nitrogen and oxygen atoms in total. The number of ether oxygens (including phenoxy) is 1. The molecule has 2 aromatic rings. The van der Waals surface area contributed by atoms with Crippen LogP contribution in [0.5, 0.6) is 5.75 Å². The van der Waals surface area contributed by atoms with Gasteiger partial charge in [-0.05, 0) is 42.3 Å². The predicted octanol–water partition coefficient (Wildman–Crippen LogP) is 2.79. The van der Waals surface area contributed by atoms with Gasteiger partial charge in [-0.25, -0.2) is 4.98 Å². The quantitative estimate of drug-likeness (QED) is 0.642. The molecular formula is C12H13N3OS. The zero-order valence-electron chi connectivity index (χ0n) is 9.38. The lowest BCUT2D eigenvalue weighted by Crippen LogP contribution is -1.92. The Hall–Kier alpha value is -1.88. The smallest absolute Gasteiger partial charge is 0.139 e. The van der Waals surface area contributed by atoms with E-state index in [1.165, 1.54) is 11.9 Å². The van der Waals surface area contributed by atoms with Crippen molar-refractivity contribution in [3.05, 3.63) is 42.6 Å². The number of hydrogen-bond donors (Lipinski definition) is 2. The van der Waals surface area contributed by atoms with E-state index < -0.39 is 0 Å². The zero-order valence-corrected chi connectivity index (χ0v) is 10.2. The number of aromatic nitrogens is 1. The van der Waals surface area contributed by atoms with E-state index in [2.05, 4.69) is 9.71 Å². The Morgan fingerprint density at radius 1 is 1.24 bits per heavy atom. The molecule has 0 aliphatic rings. The Bertz CT molecular complexity index is 487. The molecule has 1 aromatic carbocycles. The van der Waals surface area contributed by atoms with Gasteiger partial charge in [-0.15, -0.1) is 0 Å². The van der Waals surface area contributed by atoms with Gasteiger partial charge in [0.2, 0.25) is 0 Å². The van der Waals surface area contributed by atoms with Crippen LogP contribution in [-0.4, -0.2) is 12.1 Å². The standard InChI is InChI=1S/C12H13N3OS/c1-16-10-6-7-14-12(8-10)15-17-11-4-2-9(13)3-5-11/h2-8H,13H2,1H3,(H,14,15). The van der Waals surface area contributed by atoms with E-state index in [4.69, 9.17) is 10.5 Å². The number of rotatable bonds is 4. The van der Waals surface area contributed by atoms with E-state index in [-0.39, 0.29) is 0 Å². The van der Waals surface area contributed by atoms with E-state index in [0.29, 0.717) is 0 Å². The third-order valence-electron chi connectivity index (χ3n) is 2.12. The summed E-state index contributed by atoms with van der Waals surface area (Å²) >= 11 is 1.48. The predicted molar refractivity (Wildman–Crippen MR) is 71.1 cm³/mol. The van der Waals surface area contributed by atoms with Crippen molar-refractivity contribution in [2.24, 2.45) is 0 Å². The first-order chi connectivity index (χ1) is 8.28. The third kappa shape index (κ3) is 3.29. The monoisotopic (exact) mass is 247 g/mol. The van der Waals surface area contributed by atoms with Crippen molar-refractivity contribution in [1.29, 1.82) is 0 Å². The van der Waals surface area contributed by atoms with E-state index in [9.17, 15) is 0 Å². The summed E-state index contributed by atoms with van der Waals surface area (Å²) in [5.41, 5.74) is 6.37. The SMILES string of the molecule is COc1ccnc(NSc2ccc(N)cc2)c1. The highest BCUT2D eigenvalue weighted by atomic mass is 32.2. The van der Waals surface area contributed by atoms with Crippen LogP contribution >= 0.6 is 11.9 Å². The Kier molecular flexibility index (Phi) is 3.72. The van der Waals surface area contributed by atoms with Gasteiger partial charge in [-0.3, -0.25) is 0 Å². The molecule has 0 aliphatic heterocycles. The fourth-order valence-electron chi connectivity index (χ4n) is 1.24. The molecular weight excluding hydrogens is 234 g/mol. The summed E-state index contributed by atoms with van der Waals surface area (Å²) in [6.45, 7) is 0. The van der Waals surface area contributed by atoms with Gasteiger partial charge < -0.3 is 15.2 Å². The number of nitrogens with zero attached hydrogens (tertiary/aromatic N) is 1. The third-order valence-corrected chi connectivity index (χ3v) is 2.94. The Morgan fingerprint density at radius 2 is 2.00 bits per heavy atom. The number of methoxy groups -OCH3 is 1. The minimum atomic E-state index is 0.756. The summed E-state index contributed by atoms with van der Waals surface area (Å²) in [5.74, 6) is 1.53. The summed E-state index contributed by atoms with van der Waals surface area (Å²) < 4.78 is 8.26. The molecule has 0 saturated heterocycles. The van der Waals surface area contributed by atoms with Crippen molar-refractivity contribution in [3.63, 3.8) is 0 Å². The summed E-state index contributed by atoms with van der Waals surface area (Å²) in [5, 5.41) is 0. The number of nitrogens with one attached hydrogen (secondary N) is 1. The number of nitrogens with two attached hydrogens (primary N) is 1. The minimum Gasteiger partial charge on any atom is -0.497 e. The van der Waals surface area contributed by atoms with Gasteiger partial charge in [0.1, 0.15) is 11.6 Å². The first-order valence-corrected chi connectivity index (χ1v) is 5.88. The van der Waals surface area contributed by atoms with Crippen molar-refractivity contribution < 1.29 is 4.74 Å². The number of anilines is 2. The molecule has 2 rings (SSSR count). The molecule has 0 radical (unpaired) electrons. The number of nitrogen functional groups attached to an aromatic ring is 1. The van der Waals surface area contributed by atoms with E-state index in [1.54, 1.807) is 19.4 Å². The van der Waals surface area contributed by atoms with Crippen LogP contribution in [0.2, 0.25) is 0 Å². The first-order valence-electron chi connectivity index (χ1n) is 5.06. The average molecular weight is 247 g/mol. The highest BCUT2D eigenvalue weighted by molar-refractivity contribution is 8.00. The Labute approximate surface area is 104 Å². The lowest BCUT2D eigenvalue weighted by atomic mass is 10.3. The highest BCUT2D eigenvalue weighted by Crippen LogP contribution is 2.22. The molecule has 0 atom stereocenters. The zero-order chi connectivity index (χ0) is 12.1. The minimum absolute atomic E-state index is 0.756. The van der Waals surface area contributed by atoms with Crippen LogP contribution in [-0.2, 0) is 0 Å². The molecule has 3 N–H and O–H groups in total. The van der Waals surface area contributed by atoms with Crippen LogP contribution in [0.1, 0.15) is 0 Å². The van der Waals surface area contributed by atoms with Crippen LogP contribution in [0, 0.1) is 0 Å². The summed E-state index contributed by atoms with van der Waals surface area (Å²) in [7, 11) is 1.63. The molecule has 0 saturated carbocycles. The molecule has 88 valence electrons. The maximum absolute atomic E-state index is 5.61. The first kappa shape index (κ1) is 11.6. The second kappa shape index (κ2) is 5.45. The van der Waals surface area contributed by atoms with E-state index >= 15 is 0 Å². The number of pyridine rings is 1. The Morgan fingerprint density at radius 3 is 2.71 bits per heavy atom. The fourth-order valence-corrected chi connectivity index (χ4v) is 1.85. The maximum Gasteiger partial charge on any atom is 0.139 e. The molecule has 0 bridgehead atoms. The van der Waals surface area contributed by atoms with Crippen LogP contribution in [0.25, 0.3) is 0 Å². The topological polar surface area (TPSA) is 60.2 Å². The molecule has 0 fully saturated rings. The van der Waals surface area contributed by atoms with Crippen molar-refractivity contribution in [2.45, 2.75) is 4.90 Å². The van der Waals surface area contributed by atoms with Gasteiger partial charge in [0.15, 0.2) is 0 Å². The van der Waals surface area contributed by atoms with Crippen molar-refractivity contribution in [3.8, 4) is 5.75 Å².